The van der Waals surface area contributed by atoms with Crippen molar-refractivity contribution >= 4 is 11.9 Å². The van der Waals surface area contributed by atoms with Crippen molar-refractivity contribution in [2.45, 2.75) is 13.0 Å². The SMILES string of the molecule is COc1ccc(OC)c(CC(=O)N(C)Cc2ccc(C(=O)O)cc2)c1. The zero-order valence-electron chi connectivity index (χ0n) is 14.5. The zero-order chi connectivity index (χ0) is 18.4. The van der Waals surface area contributed by atoms with Gasteiger partial charge in [-0.05, 0) is 35.9 Å². The Balaban J connectivity index is 2.06. The van der Waals surface area contributed by atoms with E-state index in [0.717, 1.165) is 11.1 Å². The highest BCUT2D eigenvalue weighted by molar-refractivity contribution is 5.87. The quantitative estimate of drug-likeness (QED) is 0.836. The van der Waals surface area contributed by atoms with E-state index < -0.39 is 5.97 Å². The number of rotatable bonds is 7. The number of methoxy groups -OCH3 is 2. The van der Waals surface area contributed by atoms with Gasteiger partial charge in [0.15, 0.2) is 0 Å². The van der Waals surface area contributed by atoms with Gasteiger partial charge in [0.05, 0.1) is 26.2 Å². The van der Waals surface area contributed by atoms with E-state index in [4.69, 9.17) is 14.6 Å². The monoisotopic (exact) mass is 343 g/mol. The summed E-state index contributed by atoms with van der Waals surface area (Å²) in [6, 6.07) is 11.8. The molecule has 6 heteroatoms. The molecule has 132 valence electrons. The number of aromatic carboxylic acids is 1. The van der Waals surface area contributed by atoms with Gasteiger partial charge in [-0.3, -0.25) is 4.79 Å². The molecule has 1 N–H and O–H groups in total. The lowest BCUT2D eigenvalue weighted by molar-refractivity contribution is -0.129. The van der Waals surface area contributed by atoms with Crippen LogP contribution in [0.3, 0.4) is 0 Å². The van der Waals surface area contributed by atoms with Crippen LogP contribution in [-0.4, -0.2) is 43.2 Å². The molecule has 2 aromatic carbocycles. The number of benzene rings is 2. The molecule has 0 aromatic heterocycles. The van der Waals surface area contributed by atoms with Crippen LogP contribution in [0, 0.1) is 0 Å². The van der Waals surface area contributed by atoms with Crippen molar-refractivity contribution in [1.82, 2.24) is 4.90 Å². The van der Waals surface area contributed by atoms with E-state index >= 15 is 0 Å². The van der Waals surface area contributed by atoms with E-state index in [2.05, 4.69) is 0 Å². The Morgan fingerprint density at radius 2 is 1.72 bits per heavy atom. The van der Waals surface area contributed by atoms with Crippen molar-refractivity contribution in [2.75, 3.05) is 21.3 Å². The van der Waals surface area contributed by atoms with Crippen LogP contribution in [-0.2, 0) is 17.8 Å². The molecule has 2 aromatic rings. The van der Waals surface area contributed by atoms with Crippen LogP contribution in [0.5, 0.6) is 11.5 Å². The van der Waals surface area contributed by atoms with Crippen molar-refractivity contribution in [3.63, 3.8) is 0 Å². The molecule has 0 aliphatic heterocycles. The second-order valence-electron chi connectivity index (χ2n) is 5.61. The Morgan fingerprint density at radius 1 is 1.04 bits per heavy atom. The van der Waals surface area contributed by atoms with E-state index in [1.807, 2.05) is 0 Å². The molecular weight excluding hydrogens is 322 g/mol. The topological polar surface area (TPSA) is 76.1 Å². The number of hydrogen-bond acceptors (Lipinski definition) is 4. The molecule has 25 heavy (non-hydrogen) atoms. The smallest absolute Gasteiger partial charge is 0.335 e. The number of hydrogen-bond donors (Lipinski definition) is 1. The molecular formula is C19H21NO5. The summed E-state index contributed by atoms with van der Waals surface area (Å²) < 4.78 is 10.5. The minimum absolute atomic E-state index is 0.0751. The van der Waals surface area contributed by atoms with Gasteiger partial charge < -0.3 is 19.5 Å². The molecule has 0 unspecified atom stereocenters. The summed E-state index contributed by atoms with van der Waals surface area (Å²) in [5.74, 6) is 0.249. The van der Waals surface area contributed by atoms with Crippen molar-refractivity contribution in [2.24, 2.45) is 0 Å². The summed E-state index contributed by atoms with van der Waals surface area (Å²) in [5, 5.41) is 8.92. The molecule has 0 atom stereocenters. The first-order valence-electron chi connectivity index (χ1n) is 7.71. The van der Waals surface area contributed by atoms with Crippen LogP contribution in [0.2, 0.25) is 0 Å². The molecule has 0 saturated carbocycles. The van der Waals surface area contributed by atoms with E-state index in [1.54, 1.807) is 56.5 Å². The Bertz CT molecular complexity index is 755. The highest BCUT2D eigenvalue weighted by atomic mass is 16.5. The first-order valence-corrected chi connectivity index (χ1v) is 7.71. The average molecular weight is 343 g/mol. The number of likely N-dealkylation sites (N-methyl/N-ethyl adjacent to an activating group) is 1. The molecule has 6 nitrogen and oxygen atoms in total. The van der Waals surface area contributed by atoms with Gasteiger partial charge in [0, 0.05) is 19.2 Å². The highest BCUT2D eigenvalue weighted by Gasteiger charge is 2.14. The normalized spacial score (nSPS) is 10.2. The summed E-state index contributed by atoms with van der Waals surface area (Å²) in [7, 11) is 4.84. The maximum absolute atomic E-state index is 12.5. The van der Waals surface area contributed by atoms with Gasteiger partial charge >= 0.3 is 5.97 Å². The maximum Gasteiger partial charge on any atom is 0.335 e. The summed E-state index contributed by atoms with van der Waals surface area (Å²) in [6.45, 7) is 0.394. The molecule has 0 aliphatic carbocycles. The lowest BCUT2D eigenvalue weighted by Crippen LogP contribution is -2.27. The minimum atomic E-state index is -0.971. The predicted octanol–water partition coefficient (Wildman–Crippen LogP) is 2.60. The van der Waals surface area contributed by atoms with Gasteiger partial charge in [-0.15, -0.1) is 0 Å². The Kier molecular flexibility index (Phi) is 6.00. The van der Waals surface area contributed by atoms with Gasteiger partial charge in [-0.1, -0.05) is 12.1 Å². The average Bonchev–Trinajstić information content (AvgIpc) is 2.61. The molecule has 0 radical (unpaired) electrons. The van der Waals surface area contributed by atoms with E-state index in [1.165, 1.54) is 12.1 Å². The summed E-state index contributed by atoms with van der Waals surface area (Å²) >= 11 is 0. The molecule has 0 fully saturated rings. The number of carbonyl (C=O) groups excluding carboxylic acids is 1. The first kappa shape index (κ1) is 18.3. The van der Waals surface area contributed by atoms with Crippen LogP contribution < -0.4 is 9.47 Å². The number of nitrogens with zero attached hydrogens (tertiary/aromatic N) is 1. The number of carboxylic acid groups (broad SMARTS) is 1. The maximum atomic E-state index is 12.5. The number of amides is 1. The molecule has 0 aliphatic rings. The third kappa shape index (κ3) is 4.73. The fourth-order valence-corrected chi connectivity index (χ4v) is 2.43. The van der Waals surface area contributed by atoms with Gasteiger partial charge in [0.2, 0.25) is 5.91 Å². The number of carboxylic acids is 1. The summed E-state index contributed by atoms with van der Waals surface area (Å²) in [5.41, 5.74) is 1.83. The van der Waals surface area contributed by atoms with Crippen LogP contribution in [0.4, 0.5) is 0 Å². The lowest BCUT2D eigenvalue weighted by atomic mass is 10.1. The zero-order valence-corrected chi connectivity index (χ0v) is 14.5. The largest absolute Gasteiger partial charge is 0.497 e. The van der Waals surface area contributed by atoms with Crippen molar-refractivity contribution in [1.29, 1.82) is 0 Å². The number of carbonyl (C=O) groups is 2. The van der Waals surface area contributed by atoms with E-state index in [0.29, 0.717) is 18.0 Å². The van der Waals surface area contributed by atoms with Gasteiger partial charge in [0.25, 0.3) is 0 Å². The van der Waals surface area contributed by atoms with Gasteiger partial charge in [-0.2, -0.15) is 0 Å². The molecule has 0 heterocycles. The van der Waals surface area contributed by atoms with Crippen molar-refractivity contribution < 1.29 is 24.2 Å². The van der Waals surface area contributed by atoms with E-state index in [9.17, 15) is 9.59 Å². The third-order valence-electron chi connectivity index (χ3n) is 3.88. The predicted molar refractivity (Wildman–Crippen MR) is 93.1 cm³/mol. The molecule has 0 spiro atoms. The van der Waals surface area contributed by atoms with Gasteiger partial charge in [0.1, 0.15) is 11.5 Å². The van der Waals surface area contributed by atoms with Crippen LogP contribution in [0.15, 0.2) is 42.5 Å². The third-order valence-corrected chi connectivity index (χ3v) is 3.88. The minimum Gasteiger partial charge on any atom is -0.497 e. The first-order chi connectivity index (χ1) is 11.9. The van der Waals surface area contributed by atoms with Crippen LogP contribution in [0.1, 0.15) is 21.5 Å². The standard InChI is InChI=1S/C19H21NO5/c1-20(12-13-4-6-14(7-5-13)19(22)23)18(21)11-15-10-16(24-2)8-9-17(15)25-3/h4-10H,11-12H2,1-3H3,(H,22,23). The Hall–Kier alpha value is -3.02. The second kappa shape index (κ2) is 8.19. The Labute approximate surface area is 146 Å². The van der Waals surface area contributed by atoms with Crippen LogP contribution in [0.25, 0.3) is 0 Å². The lowest BCUT2D eigenvalue weighted by Gasteiger charge is -2.18. The Morgan fingerprint density at radius 3 is 2.28 bits per heavy atom. The second-order valence-corrected chi connectivity index (χ2v) is 5.61. The van der Waals surface area contributed by atoms with Crippen LogP contribution >= 0.6 is 0 Å². The number of ether oxygens (including phenoxy) is 2. The van der Waals surface area contributed by atoms with Crippen molar-refractivity contribution in [3.8, 4) is 11.5 Å². The summed E-state index contributed by atoms with van der Waals surface area (Å²) in [6.07, 6.45) is 0.185. The highest BCUT2D eigenvalue weighted by Crippen LogP contribution is 2.25. The molecule has 2 rings (SSSR count). The molecule has 0 saturated heterocycles. The fraction of sp³-hybridized carbons (Fsp3) is 0.263. The van der Waals surface area contributed by atoms with Crippen molar-refractivity contribution in [3.05, 3.63) is 59.2 Å². The summed E-state index contributed by atoms with van der Waals surface area (Å²) in [4.78, 5) is 25.0. The molecule has 1 amide bonds. The van der Waals surface area contributed by atoms with E-state index in [-0.39, 0.29) is 17.9 Å². The molecule has 0 bridgehead atoms. The van der Waals surface area contributed by atoms with Gasteiger partial charge in [-0.25, -0.2) is 4.79 Å². The fourth-order valence-electron chi connectivity index (χ4n) is 2.43.